The Morgan fingerprint density at radius 1 is 1.17 bits per heavy atom. The fourth-order valence-corrected chi connectivity index (χ4v) is 3.96. The van der Waals surface area contributed by atoms with Gasteiger partial charge in [0.05, 0.1) is 0 Å². The van der Waals surface area contributed by atoms with Crippen molar-refractivity contribution in [3.8, 4) is 0 Å². The molecule has 0 aliphatic carbocycles. The highest BCUT2D eigenvalue weighted by Crippen LogP contribution is 2.22. The number of hydrogen-bond acceptors (Lipinski definition) is 5. The molecule has 1 N–H and O–H groups in total. The van der Waals surface area contributed by atoms with Gasteiger partial charge in [-0.05, 0) is 43.5 Å². The number of carbonyl (C=O) groups excluding carboxylic acids is 1. The van der Waals surface area contributed by atoms with Gasteiger partial charge in [0.1, 0.15) is 5.82 Å². The molecule has 1 saturated heterocycles. The van der Waals surface area contributed by atoms with E-state index in [4.69, 9.17) is 4.42 Å². The number of carbonyl (C=O) groups is 1. The summed E-state index contributed by atoms with van der Waals surface area (Å²) in [5.74, 6) is -0.221. The van der Waals surface area contributed by atoms with Crippen LogP contribution in [0.2, 0.25) is 0 Å². The molecule has 0 aromatic carbocycles. The Morgan fingerprint density at radius 3 is 2.58 bits per heavy atom. The first-order chi connectivity index (χ1) is 11.5. The number of sulfonamides is 1. The Balaban J connectivity index is 1.74. The van der Waals surface area contributed by atoms with E-state index in [2.05, 4.69) is 10.3 Å². The minimum Gasteiger partial charge on any atom is -0.438 e. The highest BCUT2D eigenvalue weighted by Gasteiger charge is 2.29. The predicted molar refractivity (Wildman–Crippen MR) is 88.2 cm³/mol. The SMILES string of the molecule is Cc1ccc(NC(=O)c2ccc(S(=O)(=O)N3CCCCC3)o2)nc1. The molecule has 0 bridgehead atoms. The van der Waals surface area contributed by atoms with E-state index in [9.17, 15) is 13.2 Å². The van der Waals surface area contributed by atoms with Crippen LogP contribution < -0.4 is 5.32 Å². The quantitative estimate of drug-likeness (QED) is 0.915. The molecule has 8 heteroatoms. The van der Waals surface area contributed by atoms with Crippen molar-refractivity contribution < 1.29 is 17.6 Å². The van der Waals surface area contributed by atoms with Gasteiger partial charge in [0.2, 0.25) is 5.09 Å². The third-order valence-electron chi connectivity index (χ3n) is 3.87. The van der Waals surface area contributed by atoms with Gasteiger partial charge in [-0.3, -0.25) is 4.79 Å². The van der Waals surface area contributed by atoms with E-state index < -0.39 is 15.9 Å². The van der Waals surface area contributed by atoms with Crippen LogP contribution in [-0.2, 0) is 10.0 Å². The van der Waals surface area contributed by atoms with Crippen LogP contribution in [0.3, 0.4) is 0 Å². The smallest absolute Gasteiger partial charge is 0.292 e. The van der Waals surface area contributed by atoms with Crippen molar-refractivity contribution in [2.45, 2.75) is 31.3 Å². The monoisotopic (exact) mass is 349 g/mol. The molecule has 0 radical (unpaired) electrons. The van der Waals surface area contributed by atoms with Crippen LogP contribution in [-0.4, -0.2) is 36.7 Å². The van der Waals surface area contributed by atoms with E-state index in [0.717, 1.165) is 24.8 Å². The molecule has 0 atom stereocenters. The number of anilines is 1. The molecule has 128 valence electrons. The van der Waals surface area contributed by atoms with Crippen LogP contribution in [0.15, 0.2) is 40.0 Å². The number of nitrogens with zero attached hydrogens (tertiary/aromatic N) is 2. The molecule has 2 aromatic heterocycles. The predicted octanol–water partition coefficient (Wildman–Crippen LogP) is 2.41. The van der Waals surface area contributed by atoms with E-state index in [0.29, 0.717) is 18.9 Å². The average molecular weight is 349 g/mol. The third kappa shape index (κ3) is 3.49. The van der Waals surface area contributed by atoms with Gasteiger partial charge in [0.25, 0.3) is 15.9 Å². The number of pyridine rings is 1. The van der Waals surface area contributed by atoms with Crippen molar-refractivity contribution >= 4 is 21.7 Å². The zero-order chi connectivity index (χ0) is 17.2. The molecule has 3 rings (SSSR count). The largest absolute Gasteiger partial charge is 0.438 e. The van der Waals surface area contributed by atoms with Gasteiger partial charge in [0, 0.05) is 19.3 Å². The zero-order valence-electron chi connectivity index (χ0n) is 13.4. The maximum Gasteiger partial charge on any atom is 0.292 e. The van der Waals surface area contributed by atoms with Crippen molar-refractivity contribution in [2.75, 3.05) is 18.4 Å². The van der Waals surface area contributed by atoms with Gasteiger partial charge < -0.3 is 9.73 Å². The van der Waals surface area contributed by atoms with Gasteiger partial charge >= 0.3 is 0 Å². The van der Waals surface area contributed by atoms with Crippen LogP contribution in [0.25, 0.3) is 0 Å². The highest BCUT2D eigenvalue weighted by molar-refractivity contribution is 7.89. The summed E-state index contributed by atoms with van der Waals surface area (Å²) in [6.45, 7) is 2.86. The standard InChI is InChI=1S/C16H19N3O4S/c1-12-5-7-14(17-11-12)18-16(20)13-6-8-15(23-13)24(21,22)19-9-3-2-4-10-19/h5-8,11H,2-4,9-10H2,1H3,(H,17,18,20). The fourth-order valence-electron chi connectivity index (χ4n) is 2.53. The number of hydrogen-bond donors (Lipinski definition) is 1. The van der Waals surface area contributed by atoms with E-state index in [1.54, 1.807) is 12.3 Å². The number of piperidine rings is 1. The molecular formula is C16H19N3O4S. The summed E-state index contributed by atoms with van der Waals surface area (Å²) < 4.78 is 31.7. The maximum absolute atomic E-state index is 12.5. The summed E-state index contributed by atoms with van der Waals surface area (Å²) in [7, 11) is -3.68. The lowest BCUT2D eigenvalue weighted by Crippen LogP contribution is -2.35. The topological polar surface area (TPSA) is 92.5 Å². The molecule has 2 aromatic rings. The first-order valence-electron chi connectivity index (χ1n) is 7.81. The lowest BCUT2D eigenvalue weighted by Gasteiger charge is -2.24. The van der Waals surface area contributed by atoms with Crippen molar-refractivity contribution in [3.63, 3.8) is 0 Å². The summed E-state index contributed by atoms with van der Waals surface area (Å²) in [4.78, 5) is 16.2. The molecule has 0 saturated carbocycles. The molecule has 24 heavy (non-hydrogen) atoms. The van der Waals surface area contributed by atoms with Crippen molar-refractivity contribution in [2.24, 2.45) is 0 Å². The van der Waals surface area contributed by atoms with E-state index in [-0.39, 0.29) is 10.9 Å². The number of amides is 1. The molecule has 0 unspecified atom stereocenters. The van der Waals surface area contributed by atoms with E-state index in [1.807, 2.05) is 13.0 Å². The number of rotatable bonds is 4. The molecule has 3 heterocycles. The third-order valence-corrected chi connectivity index (χ3v) is 5.64. The second-order valence-corrected chi connectivity index (χ2v) is 7.63. The van der Waals surface area contributed by atoms with Crippen LogP contribution >= 0.6 is 0 Å². The molecule has 1 amide bonds. The number of furan rings is 1. The van der Waals surface area contributed by atoms with Crippen LogP contribution in [0.4, 0.5) is 5.82 Å². The molecule has 1 fully saturated rings. The van der Waals surface area contributed by atoms with Gasteiger partial charge in [-0.15, -0.1) is 0 Å². The summed E-state index contributed by atoms with van der Waals surface area (Å²) in [5, 5.41) is 2.38. The van der Waals surface area contributed by atoms with E-state index >= 15 is 0 Å². The molecular weight excluding hydrogens is 330 g/mol. The van der Waals surface area contributed by atoms with Crippen LogP contribution in [0.1, 0.15) is 35.4 Å². The Bertz CT molecular complexity index is 821. The van der Waals surface area contributed by atoms with Gasteiger partial charge in [-0.1, -0.05) is 12.5 Å². The average Bonchev–Trinajstić information content (AvgIpc) is 3.09. The van der Waals surface area contributed by atoms with Gasteiger partial charge in [-0.2, -0.15) is 4.31 Å². The second-order valence-electron chi connectivity index (χ2n) is 5.76. The Morgan fingerprint density at radius 2 is 1.92 bits per heavy atom. The lowest BCUT2D eigenvalue weighted by molar-refractivity contribution is 0.0991. The number of aromatic nitrogens is 1. The molecule has 0 spiro atoms. The van der Waals surface area contributed by atoms with E-state index in [1.165, 1.54) is 16.4 Å². The van der Waals surface area contributed by atoms with Crippen molar-refractivity contribution in [1.82, 2.24) is 9.29 Å². The summed E-state index contributed by atoms with van der Waals surface area (Å²) in [6.07, 6.45) is 4.34. The summed E-state index contributed by atoms with van der Waals surface area (Å²) in [6, 6.07) is 6.17. The van der Waals surface area contributed by atoms with Gasteiger partial charge in [-0.25, -0.2) is 13.4 Å². The normalized spacial score (nSPS) is 16.0. The molecule has 1 aliphatic rings. The first-order valence-corrected chi connectivity index (χ1v) is 9.25. The van der Waals surface area contributed by atoms with Gasteiger partial charge in [0.15, 0.2) is 5.76 Å². The van der Waals surface area contributed by atoms with Crippen molar-refractivity contribution in [3.05, 3.63) is 41.8 Å². The lowest BCUT2D eigenvalue weighted by atomic mass is 10.2. The zero-order valence-corrected chi connectivity index (χ0v) is 14.2. The molecule has 7 nitrogen and oxygen atoms in total. The summed E-state index contributed by atoms with van der Waals surface area (Å²) >= 11 is 0. The van der Waals surface area contributed by atoms with Crippen LogP contribution in [0.5, 0.6) is 0 Å². The maximum atomic E-state index is 12.5. The minimum absolute atomic E-state index is 0.0621. The number of nitrogens with one attached hydrogen (secondary N) is 1. The van der Waals surface area contributed by atoms with Crippen molar-refractivity contribution in [1.29, 1.82) is 0 Å². The Hall–Kier alpha value is -2.19. The van der Waals surface area contributed by atoms with Crippen LogP contribution in [0, 0.1) is 6.92 Å². The first kappa shape index (κ1) is 16.7. The Labute approximate surface area is 140 Å². The second kappa shape index (κ2) is 6.74. The highest BCUT2D eigenvalue weighted by atomic mass is 32.2. The fraction of sp³-hybridized carbons (Fsp3) is 0.375. The number of aryl methyl sites for hydroxylation is 1. The minimum atomic E-state index is -3.68. The Kier molecular flexibility index (Phi) is 4.68. The summed E-state index contributed by atoms with van der Waals surface area (Å²) in [5.41, 5.74) is 0.973. The molecule has 1 aliphatic heterocycles.